The predicted molar refractivity (Wildman–Crippen MR) is 39.2 cm³/mol. The molecule has 54 valence electrons. The Morgan fingerprint density at radius 1 is 1.40 bits per heavy atom. The van der Waals surface area contributed by atoms with Crippen LogP contribution in [0.25, 0.3) is 0 Å². The van der Waals surface area contributed by atoms with Gasteiger partial charge < -0.3 is 0 Å². The molecule has 4 heteroatoms. The molecule has 0 saturated heterocycles. The predicted octanol–water partition coefficient (Wildman–Crippen LogP) is 1.90. The van der Waals surface area contributed by atoms with Crippen LogP contribution in [0.15, 0.2) is 24.3 Å². The maximum absolute atomic E-state index is 12.2. The Bertz CT molecular complexity index is 227. The number of hydrogen-bond donors (Lipinski definition) is 1. The number of nitrogens with two attached hydrogens (primary N) is 1. The number of nitrogens with zero attached hydrogens (tertiary/aromatic N) is 1. The van der Waals surface area contributed by atoms with Gasteiger partial charge >= 0.3 is 0 Å². The third-order valence-corrected chi connectivity index (χ3v) is 1.40. The van der Waals surface area contributed by atoms with Crippen LogP contribution >= 0.6 is 11.6 Å². The van der Waals surface area contributed by atoms with E-state index in [0.717, 1.165) is 0 Å². The van der Waals surface area contributed by atoms with E-state index in [-0.39, 0.29) is 10.9 Å². The van der Waals surface area contributed by atoms with Gasteiger partial charge in [0.1, 0.15) is 5.69 Å². The molecule has 0 radical (unpaired) electrons. The van der Waals surface area contributed by atoms with Crippen LogP contribution in [0.2, 0.25) is 5.02 Å². The molecule has 0 aliphatic carbocycles. The lowest BCUT2D eigenvalue weighted by molar-refractivity contribution is 0.444. The number of hydrazine groups is 1. The fourth-order valence-electron chi connectivity index (χ4n) is 0.625. The maximum Gasteiger partial charge on any atom is 0.106 e. The average molecular weight is 161 g/mol. The zero-order valence-electron chi connectivity index (χ0n) is 5.09. The summed E-state index contributed by atoms with van der Waals surface area (Å²) in [6.45, 7) is 0. The Morgan fingerprint density at radius 2 is 2.00 bits per heavy atom. The summed E-state index contributed by atoms with van der Waals surface area (Å²) < 4.78 is 12.2. The Hall–Kier alpha value is -0.800. The van der Waals surface area contributed by atoms with Crippen LogP contribution in [0, 0.1) is 0 Å². The number of halogens is 2. The first-order valence-electron chi connectivity index (χ1n) is 2.67. The highest BCUT2D eigenvalue weighted by Crippen LogP contribution is 2.22. The first-order chi connectivity index (χ1) is 4.72. The van der Waals surface area contributed by atoms with Gasteiger partial charge in [-0.05, 0) is 12.1 Å². The molecule has 1 aromatic rings. The number of para-hydroxylation sites is 1. The second-order valence-electron chi connectivity index (χ2n) is 1.76. The van der Waals surface area contributed by atoms with Crippen molar-refractivity contribution >= 4 is 17.3 Å². The fraction of sp³-hybridized carbons (Fsp3) is 0. The second kappa shape index (κ2) is 2.86. The van der Waals surface area contributed by atoms with Crippen LogP contribution < -0.4 is 11.1 Å². The second-order valence-corrected chi connectivity index (χ2v) is 2.17. The lowest BCUT2D eigenvalue weighted by Crippen LogP contribution is -2.19. The molecular formula is C6H6ClFN2. The van der Waals surface area contributed by atoms with Gasteiger partial charge in [-0.15, -0.1) is 5.23 Å². The van der Waals surface area contributed by atoms with E-state index in [0.29, 0.717) is 5.02 Å². The van der Waals surface area contributed by atoms with Gasteiger partial charge in [0.25, 0.3) is 0 Å². The molecule has 0 aromatic heterocycles. The van der Waals surface area contributed by atoms with E-state index >= 15 is 0 Å². The lowest BCUT2D eigenvalue weighted by Gasteiger charge is -2.06. The third-order valence-electron chi connectivity index (χ3n) is 1.08. The van der Waals surface area contributed by atoms with Crippen molar-refractivity contribution in [2.75, 3.05) is 5.23 Å². The smallest absolute Gasteiger partial charge is 0.106 e. The highest BCUT2D eigenvalue weighted by molar-refractivity contribution is 6.33. The first-order valence-corrected chi connectivity index (χ1v) is 3.05. The summed E-state index contributed by atoms with van der Waals surface area (Å²) in [5.74, 6) is 4.80. The van der Waals surface area contributed by atoms with E-state index in [2.05, 4.69) is 0 Å². The summed E-state index contributed by atoms with van der Waals surface area (Å²) in [4.78, 5) is 0. The van der Waals surface area contributed by atoms with Crippen LogP contribution in [0.4, 0.5) is 10.2 Å². The van der Waals surface area contributed by atoms with Gasteiger partial charge in [-0.25, -0.2) is 5.84 Å². The lowest BCUT2D eigenvalue weighted by atomic mass is 10.3. The normalized spacial score (nSPS) is 9.50. The SMILES string of the molecule is NN(F)c1ccccc1Cl. The molecule has 0 unspecified atom stereocenters. The van der Waals surface area contributed by atoms with Crippen molar-refractivity contribution in [1.29, 1.82) is 0 Å². The Labute approximate surface area is 62.9 Å². The van der Waals surface area contributed by atoms with Gasteiger partial charge in [0.05, 0.1) is 5.02 Å². The van der Waals surface area contributed by atoms with Crippen LogP contribution in [0.1, 0.15) is 0 Å². The molecule has 0 fully saturated rings. The molecule has 0 bridgehead atoms. The van der Waals surface area contributed by atoms with Crippen molar-refractivity contribution in [3.63, 3.8) is 0 Å². The minimum Gasteiger partial charge on any atom is -0.218 e. The highest BCUT2D eigenvalue weighted by Gasteiger charge is 2.02. The van der Waals surface area contributed by atoms with E-state index in [1.807, 2.05) is 0 Å². The summed E-state index contributed by atoms with van der Waals surface area (Å²) in [5, 5.41) is 0.287. The highest BCUT2D eigenvalue weighted by atomic mass is 35.5. The number of rotatable bonds is 1. The molecule has 2 N–H and O–H groups in total. The monoisotopic (exact) mass is 160 g/mol. The molecule has 0 spiro atoms. The van der Waals surface area contributed by atoms with E-state index in [4.69, 9.17) is 17.4 Å². The van der Waals surface area contributed by atoms with E-state index in [9.17, 15) is 4.48 Å². The van der Waals surface area contributed by atoms with Crippen LogP contribution in [-0.4, -0.2) is 0 Å². The topological polar surface area (TPSA) is 29.3 Å². The molecule has 2 nitrogen and oxygen atoms in total. The minimum absolute atomic E-state index is 0.0116. The summed E-state index contributed by atoms with van der Waals surface area (Å²) in [7, 11) is 0. The van der Waals surface area contributed by atoms with Gasteiger partial charge in [-0.1, -0.05) is 28.2 Å². The van der Waals surface area contributed by atoms with Gasteiger partial charge in [0, 0.05) is 0 Å². The maximum atomic E-state index is 12.2. The molecule has 0 heterocycles. The molecule has 10 heavy (non-hydrogen) atoms. The van der Waals surface area contributed by atoms with Crippen molar-refractivity contribution in [2.24, 2.45) is 5.84 Å². The summed E-state index contributed by atoms with van der Waals surface area (Å²) >= 11 is 5.56. The molecule has 0 saturated carbocycles. The van der Waals surface area contributed by atoms with Crippen LogP contribution in [0.5, 0.6) is 0 Å². The summed E-state index contributed by atoms with van der Waals surface area (Å²) in [6.07, 6.45) is 0. The van der Waals surface area contributed by atoms with Gasteiger partial charge in [0.2, 0.25) is 0 Å². The fourth-order valence-corrected chi connectivity index (χ4v) is 0.841. The Balaban J connectivity index is 3.03. The van der Waals surface area contributed by atoms with Crippen LogP contribution in [0.3, 0.4) is 0 Å². The van der Waals surface area contributed by atoms with Gasteiger partial charge in [-0.3, -0.25) is 0 Å². The van der Waals surface area contributed by atoms with E-state index < -0.39 is 0 Å². The molecular weight excluding hydrogens is 155 g/mol. The van der Waals surface area contributed by atoms with Gasteiger partial charge in [-0.2, -0.15) is 0 Å². The van der Waals surface area contributed by atoms with Gasteiger partial charge in [0.15, 0.2) is 0 Å². The zero-order valence-corrected chi connectivity index (χ0v) is 5.85. The molecule has 0 aliphatic rings. The summed E-state index contributed by atoms with van der Waals surface area (Å²) in [6, 6.07) is 6.41. The largest absolute Gasteiger partial charge is 0.218 e. The quantitative estimate of drug-likeness (QED) is 0.386. The molecule has 0 amide bonds. The third kappa shape index (κ3) is 1.37. The first kappa shape index (κ1) is 7.31. The molecule has 0 aliphatic heterocycles. The van der Waals surface area contributed by atoms with Crippen molar-refractivity contribution in [3.8, 4) is 0 Å². The number of benzene rings is 1. The zero-order chi connectivity index (χ0) is 7.56. The molecule has 1 aromatic carbocycles. The van der Waals surface area contributed by atoms with Crippen LogP contribution in [-0.2, 0) is 0 Å². The molecule has 0 atom stereocenters. The number of hydrogen-bond acceptors (Lipinski definition) is 2. The van der Waals surface area contributed by atoms with Crippen molar-refractivity contribution in [1.82, 2.24) is 0 Å². The Kier molecular flexibility index (Phi) is 2.09. The van der Waals surface area contributed by atoms with Crippen molar-refractivity contribution < 1.29 is 4.48 Å². The van der Waals surface area contributed by atoms with E-state index in [1.54, 1.807) is 18.2 Å². The van der Waals surface area contributed by atoms with E-state index in [1.165, 1.54) is 6.07 Å². The Morgan fingerprint density at radius 3 is 2.40 bits per heavy atom. The summed E-state index contributed by atoms with van der Waals surface area (Å²) in [5.41, 5.74) is 0.171. The standard InChI is InChI=1S/C6H6ClFN2/c7-5-3-1-2-4-6(5)10(8)9/h1-4H,9H2. The minimum atomic E-state index is -0.0116. The van der Waals surface area contributed by atoms with Crippen molar-refractivity contribution in [3.05, 3.63) is 29.3 Å². The average Bonchev–Trinajstić information content (AvgIpc) is 1.88. The molecule has 1 rings (SSSR count). The van der Waals surface area contributed by atoms with Crippen molar-refractivity contribution in [2.45, 2.75) is 0 Å². The number of anilines is 1.